The third-order valence-corrected chi connectivity index (χ3v) is 8.73. The molecule has 42 heavy (non-hydrogen) atoms. The molecule has 7 rings (SSSR count). The van der Waals surface area contributed by atoms with Gasteiger partial charge in [0, 0.05) is 35.1 Å². The van der Waals surface area contributed by atoms with Gasteiger partial charge in [0.25, 0.3) is 0 Å². The first-order chi connectivity index (χ1) is 20.4. The molecule has 2 N–H and O–H groups in total. The number of carboxylic acids is 1. The van der Waals surface area contributed by atoms with Gasteiger partial charge in [-0.2, -0.15) is 5.10 Å². The van der Waals surface area contributed by atoms with E-state index in [0.29, 0.717) is 22.8 Å². The fraction of sp³-hybridized carbons (Fsp3) is 0.147. The van der Waals surface area contributed by atoms with E-state index < -0.39 is 11.4 Å². The number of nitrogens with zero attached hydrogens (tertiary/aromatic N) is 2. The molecule has 1 spiro atoms. The van der Waals surface area contributed by atoms with Gasteiger partial charge in [-0.25, -0.2) is 4.68 Å². The zero-order valence-electron chi connectivity index (χ0n) is 22.7. The number of nitrogens with one attached hydrogen (secondary N) is 1. The van der Waals surface area contributed by atoms with Crippen LogP contribution in [0.1, 0.15) is 29.0 Å². The van der Waals surface area contributed by atoms with Crippen LogP contribution in [-0.2, 0) is 21.4 Å². The maximum Gasteiger partial charge on any atom is 0.307 e. The summed E-state index contributed by atoms with van der Waals surface area (Å²) < 4.78 is 7.19. The maximum absolute atomic E-state index is 13.4. The normalized spacial score (nSPS) is 18.5. The summed E-state index contributed by atoms with van der Waals surface area (Å²) in [6.07, 6.45) is 4.16. The van der Waals surface area contributed by atoms with E-state index in [2.05, 4.69) is 34.7 Å². The molecule has 5 aromatic rings. The number of ether oxygens (including phenoxy) is 1. The second kappa shape index (κ2) is 9.89. The minimum absolute atomic E-state index is 0.0553. The number of benzene rings is 4. The number of carbonyl (C=O) groups excluding carboxylic acids is 1. The Kier molecular flexibility index (Phi) is 6.13. The van der Waals surface area contributed by atoms with Gasteiger partial charge in [-0.3, -0.25) is 9.59 Å². The Morgan fingerprint density at radius 2 is 1.76 bits per heavy atom. The Morgan fingerprint density at radius 1 is 1.05 bits per heavy atom. The molecule has 1 saturated carbocycles. The molecule has 2 unspecified atom stereocenters. The summed E-state index contributed by atoms with van der Waals surface area (Å²) in [7, 11) is 1.52. The lowest BCUT2D eigenvalue weighted by atomic mass is 9.89. The first-order valence-electron chi connectivity index (χ1n) is 13.6. The largest absolute Gasteiger partial charge is 0.496 e. The van der Waals surface area contributed by atoms with Gasteiger partial charge in [0.2, 0.25) is 5.91 Å². The lowest BCUT2D eigenvalue weighted by molar-refractivity contribution is -0.136. The van der Waals surface area contributed by atoms with Crippen molar-refractivity contribution in [2.75, 3.05) is 12.4 Å². The average molecular weight is 576 g/mol. The summed E-state index contributed by atoms with van der Waals surface area (Å²) in [5, 5.41) is 17.2. The van der Waals surface area contributed by atoms with E-state index in [0.717, 1.165) is 44.8 Å². The van der Waals surface area contributed by atoms with Crippen LogP contribution >= 0.6 is 11.6 Å². The van der Waals surface area contributed by atoms with E-state index in [1.165, 1.54) is 7.11 Å². The first-order valence-corrected chi connectivity index (χ1v) is 14.0. The third kappa shape index (κ3) is 4.25. The number of rotatable bonds is 7. The second-order valence-electron chi connectivity index (χ2n) is 10.8. The highest BCUT2D eigenvalue weighted by Crippen LogP contribution is 2.65. The van der Waals surface area contributed by atoms with Crippen molar-refractivity contribution >= 4 is 29.2 Å². The van der Waals surface area contributed by atoms with Crippen LogP contribution < -0.4 is 10.1 Å². The number of anilines is 1. The van der Waals surface area contributed by atoms with Crippen LogP contribution in [0.5, 0.6) is 5.75 Å². The molecule has 1 aromatic heterocycles. The molecule has 0 radical (unpaired) electrons. The van der Waals surface area contributed by atoms with Crippen LogP contribution in [0.25, 0.3) is 27.9 Å². The van der Waals surface area contributed by atoms with Crippen LogP contribution in [-0.4, -0.2) is 33.9 Å². The monoisotopic (exact) mass is 575 g/mol. The van der Waals surface area contributed by atoms with Crippen molar-refractivity contribution in [1.29, 1.82) is 0 Å². The number of amides is 1. The van der Waals surface area contributed by atoms with Crippen molar-refractivity contribution in [3.8, 4) is 33.7 Å². The van der Waals surface area contributed by atoms with Crippen molar-refractivity contribution in [2.45, 2.75) is 24.2 Å². The molecule has 8 heteroatoms. The molecule has 4 aromatic carbocycles. The SMILES string of the molecule is COc1ccc(C2CC23C(=O)Nc2cc(Cl)c(-c4ccc(-c5ccc(-n6cccn6)cc5)cc4)cc23)cc1CC(=O)O. The van der Waals surface area contributed by atoms with Crippen LogP contribution in [0.3, 0.4) is 0 Å². The van der Waals surface area contributed by atoms with E-state index in [9.17, 15) is 14.7 Å². The molecule has 0 saturated heterocycles. The van der Waals surface area contributed by atoms with Crippen molar-refractivity contribution in [2.24, 2.45) is 0 Å². The molecule has 2 aliphatic rings. The molecule has 1 fully saturated rings. The van der Waals surface area contributed by atoms with Gasteiger partial charge in [0.1, 0.15) is 5.75 Å². The Morgan fingerprint density at radius 3 is 2.43 bits per heavy atom. The Labute approximate surface area is 247 Å². The van der Waals surface area contributed by atoms with Gasteiger partial charge in [-0.1, -0.05) is 60.1 Å². The number of fused-ring (bicyclic) bond motifs is 2. The summed E-state index contributed by atoms with van der Waals surface area (Å²) in [6.45, 7) is 0. The highest BCUT2D eigenvalue weighted by Gasteiger charge is 2.65. The predicted octanol–water partition coefficient (Wildman–Crippen LogP) is 6.87. The summed E-state index contributed by atoms with van der Waals surface area (Å²) in [4.78, 5) is 24.8. The molecular weight excluding hydrogens is 550 g/mol. The average Bonchev–Trinajstić information content (AvgIpc) is 3.38. The number of aliphatic carboxylic acids is 1. The summed E-state index contributed by atoms with van der Waals surface area (Å²) in [5.41, 5.74) is 7.44. The lowest BCUT2D eigenvalue weighted by Gasteiger charge is -2.14. The van der Waals surface area contributed by atoms with Gasteiger partial charge < -0.3 is 15.2 Å². The van der Waals surface area contributed by atoms with Crippen LogP contribution in [0, 0.1) is 0 Å². The molecule has 2 atom stereocenters. The van der Waals surface area contributed by atoms with E-state index in [1.807, 2.05) is 65.5 Å². The number of hydrogen-bond donors (Lipinski definition) is 2. The fourth-order valence-corrected chi connectivity index (χ4v) is 6.50. The lowest BCUT2D eigenvalue weighted by Crippen LogP contribution is -2.21. The Bertz CT molecular complexity index is 1850. The molecule has 1 aliphatic heterocycles. The van der Waals surface area contributed by atoms with Crippen molar-refractivity contribution in [3.63, 3.8) is 0 Å². The van der Waals surface area contributed by atoms with Gasteiger partial charge in [-0.15, -0.1) is 0 Å². The first kappa shape index (κ1) is 26.0. The van der Waals surface area contributed by atoms with Gasteiger partial charge in [0.15, 0.2) is 0 Å². The molecule has 1 aliphatic carbocycles. The van der Waals surface area contributed by atoms with Crippen LogP contribution in [0.4, 0.5) is 5.69 Å². The summed E-state index contributed by atoms with van der Waals surface area (Å²) >= 11 is 6.75. The summed E-state index contributed by atoms with van der Waals surface area (Å²) in [5.74, 6) is -0.534. The highest BCUT2D eigenvalue weighted by atomic mass is 35.5. The molecule has 208 valence electrons. The van der Waals surface area contributed by atoms with Gasteiger partial charge in [-0.05, 0) is 70.6 Å². The minimum atomic E-state index is -0.934. The fourth-order valence-electron chi connectivity index (χ4n) is 6.22. The zero-order valence-corrected chi connectivity index (χ0v) is 23.4. The number of aromatic nitrogens is 2. The minimum Gasteiger partial charge on any atom is -0.496 e. The predicted molar refractivity (Wildman–Crippen MR) is 161 cm³/mol. The van der Waals surface area contributed by atoms with Gasteiger partial charge in [0.05, 0.1) is 29.7 Å². The van der Waals surface area contributed by atoms with Crippen molar-refractivity contribution in [1.82, 2.24) is 9.78 Å². The number of halogens is 1. The number of carbonyl (C=O) groups is 2. The van der Waals surface area contributed by atoms with Crippen LogP contribution in [0.15, 0.2) is 97.3 Å². The molecule has 0 bridgehead atoms. The quantitative estimate of drug-likeness (QED) is 0.221. The van der Waals surface area contributed by atoms with Crippen LogP contribution in [0.2, 0.25) is 5.02 Å². The van der Waals surface area contributed by atoms with E-state index >= 15 is 0 Å². The van der Waals surface area contributed by atoms with Crippen molar-refractivity contribution in [3.05, 3.63) is 119 Å². The highest BCUT2D eigenvalue weighted by molar-refractivity contribution is 6.34. The number of methoxy groups -OCH3 is 1. The number of carboxylic acid groups (broad SMARTS) is 1. The molecule has 1 amide bonds. The zero-order chi connectivity index (χ0) is 29.0. The standard InChI is InChI=1S/C34H26ClN3O4/c1-42-31-12-9-23(15-24(31)16-32(39)40)28-19-34(28)27-17-26(29(35)18-30(27)37-33(34)41)22-5-3-20(4-6-22)21-7-10-25(11-8-21)38-14-2-13-36-38/h2-15,17-18,28H,16,19H2,1H3,(H,37,41)(H,39,40). The van der Waals surface area contributed by atoms with E-state index in [1.54, 1.807) is 12.3 Å². The third-order valence-electron chi connectivity index (χ3n) is 8.42. The molecular formula is C34H26ClN3O4. The van der Waals surface area contributed by atoms with E-state index in [-0.39, 0.29) is 18.2 Å². The second-order valence-corrected chi connectivity index (χ2v) is 11.2. The smallest absolute Gasteiger partial charge is 0.307 e. The maximum atomic E-state index is 13.4. The molecule has 2 heterocycles. The van der Waals surface area contributed by atoms with Crippen molar-refractivity contribution < 1.29 is 19.4 Å². The topological polar surface area (TPSA) is 93.5 Å². The number of hydrogen-bond acceptors (Lipinski definition) is 4. The molecule has 7 nitrogen and oxygen atoms in total. The Hall–Kier alpha value is -4.88. The van der Waals surface area contributed by atoms with Gasteiger partial charge >= 0.3 is 5.97 Å². The Balaban J connectivity index is 1.19. The summed E-state index contributed by atoms with van der Waals surface area (Å²) in [6, 6.07) is 27.8. The van der Waals surface area contributed by atoms with E-state index in [4.69, 9.17) is 16.3 Å².